The number of aromatic nitrogens is 1. The minimum absolute atomic E-state index is 0.0792. The number of nitro groups is 1. The third kappa shape index (κ3) is 2.91. The van der Waals surface area contributed by atoms with Gasteiger partial charge in [0.25, 0.3) is 11.2 Å². The van der Waals surface area contributed by atoms with Crippen molar-refractivity contribution in [3.63, 3.8) is 0 Å². The van der Waals surface area contributed by atoms with E-state index in [1.54, 1.807) is 12.1 Å². The van der Waals surface area contributed by atoms with Crippen LogP contribution in [0.1, 0.15) is 5.56 Å². The number of aromatic amines is 1. The number of nitrogens with one attached hydrogen (secondary N) is 1. The van der Waals surface area contributed by atoms with E-state index in [0.29, 0.717) is 16.8 Å². The van der Waals surface area contributed by atoms with Crippen molar-refractivity contribution in [3.8, 4) is 28.5 Å². The van der Waals surface area contributed by atoms with E-state index in [1.165, 1.54) is 18.2 Å². The summed E-state index contributed by atoms with van der Waals surface area (Å²) in [6.07, 6.45) is 0. The maximum absolute atomic E-state index is 12.6. The van der Waals surface area contributed by atoms with Gasteiger partial charge in [-0.15, -0.1) is 0 Å². The van der Waals surface area contributed by atoms with Crippen molar-refractivity contribution < 1.29 is 4.92 Å². The van der Waals surface area contributed by atoms with Gasteiger partial charge in [0.05, 0.1) is 4.92 Å². The van der Waals surface area contributed by atoms with Crippen LogP contribution in [-0.2, 0) is 0 Å². The van der Waals surface area contributed by atoms with Gasteiger partial charge in [0.1, 0.15) is 11.6 Å². The molecule has 0 unspecified atom stereocenters. The summed E-state index contributed by atoms with van der Waals surface area (Å²) in [7, 11) is 0. The largest absolute Gasteiger partial charge is 0.321 e. The molecule has 4 aromatic rings. The van der Waals surface area contributed by atoms with Crippen molar-refractivity contribution in [3.05, 3.63) is 98.8 Å². The van der Waals surface area contributed by atoms with Crippen LogP contribution in [0.25, 0.3) is 33.2 Å². The van der Waals surface area contributed by atoms with E-state index < -0.39 is 10.5 Å². The van der Waals surface area contributed by atoms with Crippen LogP contribution in [0, 0.1) is 21.4 Å². The first kappa shape index (κ1) is 17.2. The number of benzene rings is 3. The fraction of sp³-hybridized carbons (Fsp3) is 0. The molecule has 0 amide bonds. The third-order valence-corrected chi connectivity index (χ3v) is 4.59. The first-order valence-electron chi connectivity index (χ1n) is 8.49. The second-order valence-electron chi connectivity index (χ2n) is 6.25. The van der Waals surface area contributed by atoms with Gasteiger partial charge in [-0.25, -0.2) is 0 Å². The molecule has 1 heterocycles. The Balaban J connectivity index is 2.00. The molecule has 28 heavy (non-hydrogen) atoms. The summed E-state index contributed by atoms with van der Waals surface area (Å²) in [5.74, 6) is 0. The molecule has 3 aromatic carbocycles. The van der Waals surface area contributed by atoms with E-state index in [4.69, 9.17) is 0 Å². The smallest absolute Gasteiger partial charge is 0.270 e. The molecule has 0 aliphatic heterocycles. The first-order chi connectivity index (χ1) is 13.6. The van der Waals surface area contributed by atoms with E-state index in [2.05, 4.69) is 4.98 Å². The van der Waals surface area contributed by atoms with Crippen molar-refractivity contribution in [2.24, 2.45) is 0 Å². The Bertz CT molecular complexity index is 1330. The lowest BCUT2D eigenvalue weighted by molar-refractivity contribution is -0.384. The number of rotatable bonds is 3. The highest BCUT2D eigenvalue weighted by molar-refractivity contribution is 5.96. The van der Waals surface area contributed by atoms with Gasteiger partial charge < -0.3 is 4.98 Å². The number of H-pyrrole nitrogens is 1. The van der Waals surface area contributed by atoms with E-state index in [9.17, 15) is 20.2 Å². The molecule has 0 atom stereocenters. The van der Waals surface area contributed by atoms with Gasteiger partial charge in [-0.2, -0.15) is 5.26 Å². The summed E-state index contributed by atoms with van der Waals surface area (Å²) in [6.45, 7) is 0. The normalized spacial score (nSPS) is 10.5. The predicted octanol–water partition coefficient (Wildman–Crippen LogP) is 4.64. The molecule has 0 saturated carbocycles. The molecule has 1 N–H and O–H groups in total. The molecule has 0 aliphatic rings. The monoisotopic (exact) mass is 367 g/mol. The minimum Gasteiger partial charge on any atom is -0.321 e. The number of hydrogen-bond acceptors (Lipinski definition) is 4. The van der Waals surface area contributed by atoms with Crippen LogP contribution in [0.5, 0.6) is 0 Å². The summed E-state index contributed by atoms with van der Waals surface area (Å²) in [6, 6.07) is 23.0. The van der Waals surface area contributed by atoms with Gasteiger partial charge in [0.15, 0.2) is 0 Å². The standard InChI is InChI=1S/C22H13N3O3/c23-13-20-19(15-7-3-8-16(11-15)25(27)28)12-21(24-22(20)26)18-10-4-6-14-5-1-2-9-17(14)18/h1-12H,(H,24,26). The SMILES string of the molecule is N#Cc1c(-c2cccc([N+](=O)[O-])c2)cc(-c2cccc3ccccc23)[nH]c1=O. The maximum atomic E-state index is 12.6. The van der Waals surface area contributed by atoms with Gasteiger partial charge >= 0.3 is 0 Å². The lowest BCUT2D eigenvalue weighted by atomic mass is 9.96. The number of fused-ring (bicyclic) bond motifs is 1. The summed E-state index contributed by atoms with van der Waals surface area (Å²) in [4.78, 5) is 26.0. The van der Waals surface area contributed by atoms with Gasteiger partial charge in [-0.3, -0.25) is 14.9 Å². The van der Waals surface area contributed by atoms with E-state index in [1.807, 2.05) is 48.5 Å². The maximum Gasteiger partial charge on any atom is 0.270 e. The van der Waals surface area contributed by atoms with Crippen molar-refractivity contribution in [1.29, 1.82) is 5.26 Å². The molecule has 4 rings (SSSR count). The molecule has 0 spiro atoms. The Hall–Kier alpha value is -4.24. The quantitative estimate of drug-likeness (QED) is 0.421. The van der Waals surface area contributed by atoms with Crippen molar-refractivity contribution in [2.75, 3.05) is 0 Å². The minimum atomic E-state index is -0.533. The molecule has 1 aromatic heterocycles. The fourth-order valence-electron chi connectivity index (χ4n) is 3.29. The Morgan fingerprint density at radius 2 is 1.68 bits per heavy atom. The van der Waals surface area contributed by atoms with Crippen LogP contribution in [-0.4, -0.2) is 9.91 Å². The van der Waals surface area contributed by atoms with Gasteiger partial charge in [-0.1, -0.05) is 54.6 Å². The molecule has 0 fully saturated rings. The first-order valence-corrected chi connectivity index (χ1v) is 8.49. The van der Waals surface area contributed by atoms with Crippen molar-refractivity contribution >= 4 is 16.5 Å². The zero-order chi connectivity index (χ0) is 19.7. The van der Waals surface area contributed by atoms with Gasteiger partial charge in [0, 0.05) is 29.0 Å². The average Bonchev–Trinajstić information content (AvgIpc) is 2.72. The lowest BCUT2D eigenvalue weighted by Gasteiger charge is -2.10. The molecule has 6 heteroatoms. The molecule has 0 saturated heterocycles. The molecule has 6 nitrogen and oxygen atoms in total. The molecule has 134 valence electrons. The number of non-ortho nitro benzene ring substituents is 1. The highest BCUT2D eigenvalue weighted by Gasteiger charge is 2.16. The number of pyridine rings is 1. The number of hydrogen-bond donors (Lipinski definition) is 1. The van der Waals surface area contributed by atoms with E-state index in [0.717, 1.165) is 16.3 Å². The second kappa shape index (κ2) is 6.82. The van der Waals surface area contributed by atoms with Gasteiger partial charge in [0.2, 0.25) is 0 Å². The number of nitriles is 1. The Morgan fingerprint density at radius 3 is 2.46 bits per heavy atom. The van der Waals surface area contributed by atoms with Crippen LogP contribution in [0.15, 0.2) is 77.6 Å². The second-order valence-corrected chi connectivity index (χ2v) is 6.25. The summed E-state index contributed by atoms with van der Waals surface area (Å²) in [5.41, 5.74) is 1.44. The lowest BCUT2D eigenvalue weighted by Crippen LogP contribution is -2.12. The number of nitrogens with zero attached hydrogens (tertiary/aromatic N) is 2. The zero-order valence-electron chi connectivity index (χ0n) is 14.5. The Morgan fingerprint density at radius 1 is 0.929 bits per heavy atom. The van der Waals surface area contributed by atoms with E-state index >= 15 is 0 Å². The molecule has 0 radical (unpaired) electrons. The van der Waals surface area contributed by atoms with Crippen LogP contribution in [0.4, 0.5) is 5.69 Å². The average molecular weight is 367 g/mol. The zero-order valence-corrected chi connectivity index (χ0v) is 14.5. The Labute approximate surface area is 159 Å². The summed E-state index contributed by atoms with van der Waals surface area (Å²) in [5, 5.41) is 22.6. The summed E-state index contributed by atoms with van der Waals surface area (Å²) < 4.78 is 0. The number of nitro benzene ring substituents is 1. The topological polar surface area (TPSA) is 99.8 Å². The highest BCUT2D eigenvalue weighted by atomic mass is 16.6. The fourth-order valence-corrected chi connectivity index (χ4v) is 3.29. The summed E-state index contributed by atoms with van der Waals surface area (Å²) >= 11 is 0. The molecular formula is C22H13N3O3. The van der Waals surface area contributed by atoms with Crippen LogP contribution in [0.3, 0.4) is 0 Å². The van der Waals surface area contributed by atoms with Crippen LogP contribution >= 0.6 is 0 Å². The van der Waals surface area contributed by atoms with Crippen molar-refractivity contribution in [2.45, 2.75) is 0 Å². The highest BCUT2D eigenvalue weighted by Crippen LogP contribution is 2.31. The molecule has 0 aliphatic carbocycles. The molecular weight excluding hydrogens is 354 g/mol. The third-order valence-electron chi connectivity index (χ3n) is 4.59. The van der Waals surface area contributed by atoms with Gasteiger partial charge in [-0.05, 0) is 22.4 Å². The van der Waals surface area contributed by atoms with Crippen LogP contribution in [0.2, 0.25) is 0 Å². The van der Waals surface area contributed by atoms with Crippen LogP contribution < -0.4 is 5.56 Å². The molecule has 0 bridgehead atoms. The van der Waals surface area contributed by atoms with Crippen molar-refractivity contribution in [1.82, 2.24) is 4.98 Å². The Kier molecular flexibility index (Phi) is 4.18. The van der Waals surface area contributed by atoms with E-state index in [-0.39, 0.29) is 11.3 Å². The predicted molar refractivity (Wildman–Crippen MR) is 107 cm³/mol.